The number of carbonyl (C=O) groups excluding carboxylic acids is 1. The first kappa shape index (κ1) is 17.0. The van der Waals surface area contributed by atoms with Crippen molar-refractivity contribution in [2.24, 2.45) is 0 Å². The third-order valence-electron chi connectivity index (χ3n) is 3.01. The summed E-state index contributed by atoms with van der Waals surface area (Å²) in [6, 6.07) is 6.13. The van der Waals surface area contributed by atoms with Crippen LogP contribution >= 0.6 is 46.6 Å². The van der Waals surface area contributed by atoms with Gasteiger partial charge in [0.2, 0.25) is 0 Å². The van der Waals surface area contributed by atoms with Crippen LogP contribution < -0.4 is 5.32 Å². The van der Waals surface area contributed by atoms with Gasteiger partial charge in [0, 0.05) is 34.3 Å². The molecule has 2 unspecified atom stereocenters. The number of piperazine rings is 1. The van der Waals surface area contributed by atoms with E-state index in [4.69, 9.17) is 11.6 Å². The molecule has 0 bridgehead atoms. The molecule has 19 heavy (non-hydrogen) atoms. The summed E-state index contributed by atoms with van der Waals surface area (Å²) in [5.74, 6) is 0.0634. The molecule has 1 aromatic carbocycles. The van der Waals surface area contributed by atoms with Gasteiger partial charge in [-0.25, -0.2) is 0 Å². The Morgan fingerprint density at radius 2 is 1.95 bits per heavy atom. The van der Waals surface area contributed by atoms with E-state index in [0.29, 0.717) is 22.7 Å². The Morgan fingerprint density at radius 1 is 1.37 bits per heavy atom. The highest BCUT2D eigenvalue weighted by Crippen LogP contribution is 2.21. The van der Waals surface area contributed by atoms with Crippen LogP contribution in [-0.4, -0.2) is 36.0 Å². The van der Waals surface area contributed by atoms with E-state index in [0.717, 1.165) is 16.7 Å². The molecule has 1 aromatic rings. The second-order valence-corrected chi connectivity index (χ2v) is 6.38. The first-order valence-electron chi connectivity index (χ1n) is 5.97. The molecular formula is C13H17Cl2IN2O. The predicted octanol–water partition coefficient (Wildman–Crippen LogP) is 3.19. The molecule has 2 atom stereocenters. The maximum Gasteiger partial charge on any atom is 0.254 e. The average molecular weight is 415 g/mol. The summed E-state index contributed by atoms with van der Waals surface area (Å²) in [6.07, 6.45) is 0. The van der Waals surface area contributed by atoms with Crippen molar-refractivity contribution in [3.8, 4) is 0 Å². The molecule has 0 radical (unpaired) electrons. The van der Waals surface area contributed by atoms with Crippen LogP contribution in [0.5, 0.6) is 0 Å². The molecule has 1 fully saturated rings. The summed E-state index contributed by atoms with van der Waals surface area (Å²) in [7, 11) is 0. The number of rotatable bonds is 1. The molecule has 106 valence electrons. The van der Waals surface area contributed by atoms with Crippen LogP contribution in [0.25, 0.3) is 0 Å². The number of nitrogens with one attached hydrogen (secondary N) is 1. The maximum absolute atomic E-state index is 12.4. The second-order valence-electron chi connectivity index (χ2n) is 4.81. The first-order valence-corrected chi connectivity index (χ1v) is 7.43. The number of nitrogens with zero attached hydrogens (tertiary/aromatic N) is 1. The van der Waals surface area contributed by atoms with Crippen molar-refractivity contribution < 1.29 is 4.79 Å². The fraction of sp³-hybridized carbons (Fsp3) is 0.462. The van der Waals surface area contributed by atoms with Crippen LogP contribution in [0.15, 0.2) is 18.2 Å². The molecule has 6 heteroatoms. The van der Waals surface area contributed by atoms with Gasteiger partial charge in [-0.3, -0.25) is 4.79 Å². The number of benzene rings is 1. The molecule has 1 amide bonds. The van der Waals surface area contributed by atoms with Gasteiger partial charge in [-0.1, -0.05) is 11.6 Å². The zero-order chi connectivity index (χ0) is 13.3. The lowest BCUT2D eigenvalue weighted by Gasteiger charge is -2.36. The highest BCUT2D eigenvalue weighted by Gasteiger charge is 2.25. The van der Waals surface area contributed by atoms with Crippen molar-refractivity contribution >= 4 is 52.5 Å². The van der Waals surface area contributed by atoms with E-state index in [2.05, 4.69) is 41.8 Å². The molecule has 0 spiro atoms. The highest BCUT2D eigenvalue weighted by atomic mass is 127. The van der Waals surface area contributed by atoms with Crippen LogP contribution in [0.4, 0.5) is 0 Å². The second kappa shape index (κ2) is 7.11. The molecule has 1 aliphatic heterocycles. The molecule has 2 rings (SSSR count). The summed E-state index contributed by atoms with van der Waals surface area (Å²) < 4.78 is 0.966. The van der Waals surface area contributed by atoms with Gasteiger partial charge >= 0.3 is 0 Å². The van der Waals surface area contributed by atoms with Crippen LogP contribution in [0.2, 0.25) is 5.02 Å². The van der Waals surface area contributed by atoms with Crippen molar-refractivity contribution in [2.75, 3.05) is 13.1 Å². The Labute approximate surface area is 138 Å². The SMILES string of the molecule is CC1CN(C(=O)c2ccc(I)c(Cl)c2)CC(C)N1.Cl. The van der Waals surface area contributed by atoms with Crippen LogP contribution in [0, 0.1) is 3.57 Å². The molecule has 3 nitrogen and oxygen atoms in total. The topological polar surface area (TPSA) is 32.3 Å². The Hall–Kier alpha value is -0.0400. The van der Waals surface area contributed by atoms with Gasteiger partial charge in [-0.2, -0.15) is 0 Å². The van der Waals surface area contributed by atoms with Gasteiger partial charge in [-0.05, 0) is 54.6 Å². The number of carbonyl (C=O) groups is 1. The number of halogens is 3. The van der Waals surface area contributed by atoms with Crippen LogP contribution in [0.3, 0.4) is 0 Å². The summed E-state index contributed by atoms with van der Waals surface area (Å²) in [4.78, 5) is 14.3. The van der Waals surface area contributed by atoms with Crippen LogP contribution in [-0.2, 0) is 0 Å². The first-order chi connectivity index (χ1) is 8.47. The van der Waals surface area contributed by atoms with E-state index in [9.17, 15) is 4.79 Å². The molecule has 0 aromatic heterocycles. The van der Waals surface area contributed by atoms with Crippen molar-refractivity contribution in [1.82, 2.24) is 10.2 Å². The smallest absolute Gasteiger partial charge is 0.254 e. The van der Waals surface area contributed by atoms with E-state index >= 15 is 0 Å². The maximum atomic E-state index is 12.4. The van der Waals surface area contributed by atoms with E-state index in [1.54, 1.807) is 6.07 Å². The van der Waals surface area contributed by atoms with Gasteiger partial charge in [0.25, 0.3) is 5.91 Å². The Balaban J connectivity index is 0.00000180. The minimum Gasteiger partial charge on any atom is -0.336 e. The quantitative estimate of drug-likeness (QED) is 0.715. The fourth-order valence-corrected chi connectivity index (χ4v) is 2.82. The minimum atomic E-state index is 0. The van der Waals surface area contributed by atoms with E-state index in [-0.39, 0.29) is 18.3 Å². The summed E-state index contributed by atoms with van der Waals surface area (Å²) in [5.41, 5.74) is 0.668. The largest absolute Gasteiger partial charge is 0.336 e. The molecule has 1 aliphatic rings. The Bertz CT molecular complexity index is 460. The Morgan fingerprint density at radius 3 is 2.47 bits per heavy atom. The Kier molecular flexibility index (Phi) is 6.36. The third kappa shape index (κ3) is 4.21. The molecular weight excluding hydrogens is 398 g/mol. The zero-order valence-electron chi connectivity index (χ0n) is 10.8. The van der Waals surface area contributed by atoms with Gasteiger partial charge in [-0.15, -0.1) is 12.4 Å². The van der Waals surface area contributed by atoms with Crippen molar-refractivity contribution in [3.05, 3.63) is 32.4 Å². The molecule has 0 aliphatic carbocycles. The molecule has 0 saturated carbocycles. The average Bonchev–Trinajstić information content (AvgIpc) is 2.30. The van der Waals surface area contributed by atoms with Crippen LogP contribution in [0.1, 0.15) is 24.2 Å². The predicted molar refractivity (Wildman–Crippen MR) is 89.4 cm³/mol. The highest BCUT2D eigenvalue weighted by molar-refractivity contribution is 14.1. The fourth-order valence-electron chi connectivity index (χ4n) is 2.30. The van der Waals surface area contributed by atoms with E-state index in [1.807, 2.05) is 17.0 Å². The summed E-state index contributed by atoms with van der Waals surface area (Å²) in [6.45, 7) is 5.67. The van der Waals surface area contributed by atoms with E-state index in [1.165, 1.54) is 0 Å². The van der Waals surface area contributed by atoms with Gasteiger partial charge in [0.1, 0.15) is 0 Å². The van der Waals surface area contributed by atoms with Crippen molar-refractivity contribution in [3.63, 3.8) is 0 Å². The third-order valence-corrected chi connectivity index (χ3v) is 4.58. The number of hydrogen-bond acceptors (Lipinski definition) is 2. The lowest BCUT2D eigenvalue weighted by Crippen LogP contribution is -2.55. The molecule has 1 heterocycles. The summed E-state index contributed by atoms with van der Waals surface area (Å²) >= 11 is 8.22. The lowest BCUT2D eigenvalue weighted by molar-refractivity contribution is 0.0674. The monoisotopic (exact) mass is 414 g/mol. The molecule has 1 saturated heterocycles. The van der Waals surface area contributed by atoms with Crippen molar-refractivity contribution in [2.45, 2.75) is 25.9 Å². The van der Waals surface area contributed by atoms with Gasteiger partial charge in [0.05, 0.1) is 5.02 Å². The van der Waals surface area contributed by atoms with Crippen molar-refractivity contribution in [1.29, 1.82) is 0 Å². The molecule has 1 N–H and O–H groups in total. The van der Waals surface area contributed by atoms with Gasteiger partial charge < -0.3 is 10.2 Å². The standard InChI is InChI=1S/C13H16ClIN2O.ClH/c1-8-6-17(7-9(2)16-8)13(18)10-3-4-12(15)11(14)5-10;/h3-5,8-9,16H,6-7H2,1-2H3;1H. The number of amides is 1. The number of hydrogen-bond donors (Lipinski definition) is 1. The lowest BCUT2D eigenvalue weighted by atomic mass is 10.1. The summed E-state index contributed by atoms with van der Waals surface area (Å²) in [5, 5.41) is 4.05. The van der Waals surface area contributed by atoms with Gasteiger partial charge in [0.15, 0.2) is 0 Å². The normalized spacial score (nSPS) is 22.8. The minimum absolute atomic E-state index is 0. The zero-order valence-corrected chi connectivity index (χ0v) is 14.6. The van der Waals surface area contributed by atoms with E-state index < -0.39 is 0 Å².